The van der Waals surface area contributed by atoms with E-state index in [-0.39, 0.29) is 12.1 Å². The molecule has 1 aliphatic carbocycles. The zero-order valence-corrected chi connectivity index (χ0v) is 12.6. The van der Waals surface area contributed by atoms with Crippen LogP contribution in [0.2, 0.25) is 0 Å². The second-order valence-electron chi connectivity index (χ2n) is 4.73. The normalized spacial score (nSPS) is 24.4. The molecule has 1 aromatic rings. The lowest BCUT2D eigenvalue weighted by molar-refractivity contribution is 0.522. The largest absolute Gasteiger partial charge is 0.326 e. The summed E-state index contributed by atoms with van der Waals surface area (Å²) < 4.78 is 28.0. The number of nitrogens with one attached hydrogen (secondary N) is 1. The number of sulfonamides is 1. The molecule has 18 heavy (non-hydrogen) atoms. The van der Waals surface area contributed by atoms with Crippen molar-refractivity contribution in [3.63, 3.8) is 0 Å². The van der Waals surface area contributed by atoms with Gasteiger partial charge in [0.1, 0.15) is 0 Å². The van der Waals surface area contributed by atoms with Gasteiger partial charge in [-0.1, -0.05) is 22.4 Å². The molecule has 100 valence electrons. The van der Waals surface area contributed by atoms with Crippen LogP contribution in [-0.4, -0.2) is 20.5 Å². The summed E-state index contributed by atoms with van der Waals surface area (Å²) >= 11 is 3.36. The number of hydrogen-bond acceptors (Lipinski definition) is 3. The first-order valence-corrected chi connectivity index (χ1v) is 8.22. The number of rotatable bonds is 3. The molecule has 0 amide bonds. The lowest BCUT2D eigenvalue weighted by Crippen LogP contribution is -2.43. The summed E-state index contributed by atoms with van der Waals surface area (Å²) in [6, 6.07) is 4.79. The third-order valence-corrected chi connectivity index (χ3v) is 5.69. The van der Waals surface area contributed by atoms with Crippen molar-refractivity contribution in [1.29, 1.82) is 0 Å². The van der Waals surface area contributed by atoms with E-state index in [9.17, 15) is 8.42 Å². The predicted molar refractivity (Wildman–Crippen MR) is 74.8 cm³/mol. The number of aryl methyl sites for hydroxylation is 1. The summed E-state index contributed by atoms with van der Waals surface area (Å²) in [5.41, 5.74) is 6.78. The van der Waals surface area contributed by atoms with Crippen LogP contribution >= 0.6 is 15.9 Å². The van der Waals surface area contributed by atoms with Crippen LogP contribution in [0.5, 0.6) is 0 Å². The molecule has 0 aromatic heterocycles. The second kappa shape index (κ2) is 5.28. The topological polar surface area (TPSA) is 72.2 Å². The van der Waals surface area contributed by atoms with Gasteiger partial charge in [-0.15, -0.1) is 0 Å². The summed E-state index contributed by atoms with van der Waals surface area (Å²) in [6.07, 6.45) is 2.68. The van der Waals surface area contributed by atoms with Crippen LogP contribution in [0.25, 0.3) is 0 Å². The highest BCUT2D eigenvalue weighted by atomic mass is 79.9. The first kappa shape index (κ1) is 14.0. The third-order valence-electron chi connectivity index (χ3n) is 3.32. The molecule has 4 nitrogen and oxygen atoms in total. The zero-order chi connectivity index (χ0) is 13.3. The summed E-state index contributed by atoms with van der Waals surface area (Å²) in [5, 5.41) is 0. The summed E-state index contributed by atoms with van der Waals surface area (Å²) in [4.78, 5) is 0.294. The molecule has 0 heterocycles. The van der Waals surface area contributed by atoms with Gasteiger partial charge in [0.25, 0.3) is 0 Å². The minimum absolute atomic E-state index is 0.0729. The van der Waals surface area contributed by atoms with Crippen molar-refractivity contribution in [3.8, 4) is 0 Å². The van der Waals surface area contributed by atoms with Crippen LogP contribution < -0.4 is 10.5 Å². The summed E-state index contributed by atoms with van der Waals surface area (Å²) in [7, 11) is -3.47. The first-order valence-electron chi connectivity index (χ1n) is 5.94. The smallest absolute Gasteiger partial charge is 0.240 e. The van der Waals surface area contributed by atoms with Crippen LogP contribution in [0, 0.1) is 6.92 Å². The van der Waals surface area contributed by atoms with Gasteiger partial charge in [-0.2, -0.15) is 0 Å². The SMILES string of the molecule is Cc1cc(S(=O)(=O)NC2CCCC2N)ccc1Br. The van der Waals surface area contributed by atoms with Gasteiger partial charge in [-0.25, -0.2) is 13.1 Å². The van der Waals surface area contributed by atoms with E-state index < -0.39 is 10.0 Å². The number of benzene rings is 1. The number of nitrogens with two attached hydrogens (primary N) is 1. The van der Waals surface area contributed by atoms with Crippen molar-refractivity contribution in [2.24, 2.45) is 5.73 Å². The van der Waals surface area contributed by atoms with E-state index in [1.807, 2.05) is 6.92 Å². The van der Waals surface area contributed by atoms with E-state index in [1.165, 1.54) is 0 Å². The first-order chi connectivity index (χ1) is 8.40. The lowest BCUT2D eigenvalue weighted by Gasteiger charge is -2.17. The second-order valence-corrected chi connectivity index (χ2v) is 7.30. The van der Waals surface area contributed by atoms with E-state index in [0.29, 0.717) is 4.90 Å². The van der Waals surface area contributed by atoms with Gasteiger partial charge in [0.15, 0.2) is 0 Å². The maximum atomic E-state index is 12.2. The van der Waals surface area contributed by atoms with Crippen molar-refractivity contribution in [1.82, 2.24) is 4.72 Å². The van der Waals surface area contributed by atoms with Crippen LogP contribution in [0.4, 0.5) is 0 Å². The molecule has 2 atom stereocenters. The Kier molecular flexibility index (Phi) is 4.11. The van der Waals surface area contributed by atoms with E-state index in [1.54, 1.807) is 18.2 Å². The van der Waals surface area contributed by atoms with Gasteiger partial charge < -0.3 is 5.73 Å². The molecule has 0 bridgehead atoms. The Labute approximate surface area is 116 Å². The summed E-state index contributed by atoms with van der Waals surface area (Å²) in [5.74, 6) is 0. The maximum absolute atomic E-state index is 12.2. The molecule has 2 rings (SSSR count). The van der Waals surface area contributed by atoms with Gasteiger partial charge in [0, 0.05) is 16.6 Å². The van der Waals surface area contributed by atoms with E-state index >= 15 is 0 Å². The molecular weight excluding hydrogens is 316 g/mol. The Hall–Kier alpha value is -0.430. The lowest BCUT2D eigenvalue weighted by atomic mass is 10.2. The van der Waals surface area contributed by atoms with Gasteiger partial charge in [0.2, 0.25) is 10.0 Å². The molecule has 2 unspecified atom stereocenters. The summed E-state index contributed by atoms with van der Waals surface area (Å²) in [6.45, 7) is 1.87. The number of halogens is 1. The fraction of sp³-hybridized carbons (Fsp3) is 0.500. The van der Waals surface area contributed by atoms with Crippen molar-refractivity contribution >= 4 is 26.0 Å². The number of hydrogen-bond donors (Lipinski definition) is 2. The molecule has 6 heteroatoms. The predicted octanol–water partition coefficient (Wildman–Crippen LogP) is 1.92. The highest BCUT2D eigenvalue weighted by molar-refractivity contribution is 9.10. The van der Waals surface area contributed by atoms with Gasteiger partial charge >= 0.3 is 0 Å². The Morgan fingerprint density at radius 2 is 2.11 bits per heavy atom. The quantitative estimate of drug-likeness (QED) is 0.888. The van der Waals surface area contributed by atoms with Crippen molar-refractivity contribution < 1.29 is 8.42 Å². The maximum Gasteiger partial charge on any atom is 0.240 e. The molecule has 0 radical (unpaired) electrons. The van der Waals surface area contributed by atoms with E-state index in [4.69, 9.17) is 5.73 Å². The minimum atomic E-state index is -3.47. The van der Waals surface area contributed by atoms with Crippen LogP contribution in [-0.2, 0) is 10.0 Å². The van der Waals surface area contributed by atoms with E-state index in [2.05, 4.69) is 20.7 Å². The fourth-order valence-electron chi connectivity index (χ4n) is 2.19. The molecule has 1 aliphatic rings. The molecule has 0 aliphatic heterocycles. The highest BCUT2D eigenvalue weighted by Crippen LogP contribution is 2.22. The average molecular weight is 333 g/mol. The molecule has 1 aromatic carbocycles. The molecule has 0 saturated heterocycles. The van der Waals surface area contributed by atoms with Gasteiger partial charge in [-0.3, -0.25) is 0 Å². The van der Waals surface area contributed by atoms with Crippen LogP contribution in [0.15, 0.2) is 27.6 Å². The van der Waals surface area contributed by atoms with Crippen LogP contribution in [0.1, 0.15) is 24.8 Å². The Morgan fingerprint density at radius 1 is 1.39 bits per heavy atom. The molecule has 0 spiro atoms. The fourth-order valence-corrected chi connectivity index (χ4v) is 3.84. The monoisotopic (exact) mass is 332 g/mol. The molecule has 1 fully saturated rings. The van der Waals surface area contributed by atoms with Gasteiger partial charge in [0.05, 0.1) is 4.90 Å². The van der Waals surface area contributed by atoms with Crippen LogP contribution in [0.3, 0.4) is 0 Å². The molecule has 3 N–H and O–H groups in total. The average Bonchev–Trinajstić information content (AvgIpc) is 2.67. The van der Waals surface area contributed by atoms with E-state index in [0.717, 1.165) is 29.3 Å². The Morgan fingerprint density at radius 3 is 2.67 bits per heavy atom. The standard InChI is InChI=1S/C12H17BrN2O2S/c1-8-7-9(5-6-10(8)13)18(16,17)15-12-4-2-3-11(12)14/h5-7,11-12,15H,2-4,14H2,1H3. The molecule has 1 saturated carbocycles. The molecular formula is C12H17BrN2O2S. The van der Waals surface area contributed by atoms with Crippen molar-refractivity contribution in [2.45, 2.75) is 43.2 Å². The van der Waals surface area contributed by atoms with Gasteiger partial charge in [-0.05, 0) is 43.5 Å². The highest BCUT2D eigenvalue weighted by Gasteiger charge is 2.28. The van der Waals surface area contributed by atoms with Crippen molar-refractivity contribution in [3.05, 3.63) is 28.2 Å². The Balaban J connectivity index is 2.22. The third kappa shape index (κ3) is 2.93. The Bertz CT molecular complexity index is 545. The zero-order valence-electron chi connectivity index (χ0n) is 10.2. The minimum Gasteiger partial charge on any atom is -0.326 e. The van der Waals surface area contributed by atoms with Crippen molar-refractivity contribution in [2.75, 3.05) is 0 Å².